The van der Waals surface area contributed by atoms with Crippen LogP contribution < -0.4 is 4.90 Å². The summed E-state index contributed by atoms with van der Waals surface area (Å²) >= 11 is 11.7. The highest BCUT2D eigenvalue weighted by Crippen LogP contribution is 2.25. The predicted octanol–water partition coefficient (Wildman–Crippen LogP) is 4.69. The monoisotopic (exact) mass is 295 g/mol. The number of hydrogen-bond donors (Lipinski definition) is 0. The standard InChI is InChI=1S/C16H19Cl2N/c1-2-13-4-3-5-14-6-7-15(12-16(13)14)19(10-8-17)11-9-18/h3-7,12H,2,8-11H2,1H3. The van der Waals surface area contributed by atoms with Gasteiger partial charge in [0.2, 0.25) is 0 Å². The van der Waals surface area contributed by atoms with E-state index < -0.39 is 0 Å². The molecule has 0 amide bonds. The SMILES string of the molecule is CCc1cccc2ccc(N(CCCl)CCCl)cc12. The minimum absolute atomic E-state index is 0.615. The van der Waals surface area contributed by atoms with E-state index in [9.17, 15) is 0 Å². The molecule has 0 bridgehead atoms. The first kappa shape index (κ1) is 14.5. The maximum atomic E-state index is 5.87. The van der Waals surface area contributed by atoms with Gasteiger partial charge in [0.15, 0.2) is 0 Å². The Morgan fingerprint density at radius 2 is 1.74 bits per heavy atom. The summed E-state index contributed by atoms with van der Waals surface area (Å²) in [5, 5.41) is 2.62. The van der Waals surface area contributed by atoms with Gasteiger partial charge in [-0.2, -0.15) is 0 Å². The summed E-state index contributed by atoms with van der Waals surface area (Å²) in [7, 11) is 0. The van der Waals surface area contributed by atoms with Crippen molar-refractivity contribution >= 4 is 39.7 Å². The Kier molecular flexibility index (Phi) is 5.35. The summed E-state index contributed by atoms with van der Waals surface area (Å²) in [6.07, 6.45) is 1.05. The number of alkyl halides is 2. The molecule has 0 aliphatic heterocycles. The van der Waals surface area contributed by atoms with E-state index in [1.165, 1.54) is 22.0 Å². The number of benzene rings is 2. The van der Waals surface area contributed by atoms with Gasteiger partial charge >= 0.3 is 0 Å². The Balaban J connectivity index is 2.43. The molecule has 0 saturated carbocycles. The average molecular weight is 296 g/mol. The Hall–Kier alpha value is -0.920. The van der Waals surface area contributed by atoms with Gasteiger partial charge < -0.3 is 4.90 Å². The predicted molar refractivity (Wildman–Crippen MR) is 87.0 cm³/mol. The third-order valence-electron chi connectivity index (χ3n) is 3.41. The topological polar surface area (TPSA) is 3.24 Å². The van der Waals surface area contributed by atoms with Gasteiger partial charge in [-0.05, 0) is 34.9 Å². The number of halogens is 2. The maximum Gasteiger partial charge on any atom is 0.0399 e. The van der Waals surface area contributed by atoms with E-state index in [1.54, 1.807) is 0 Å². The minimum atomic E-state index is 0.615. The minimum Gasteiger partial charge on any atom is -0.369 e. The van der Waals surface area contributed by atoms with Crippen molar-refractivity contribution in [3.8, 4) is 0 Å². The molecule has 2 aromatic carbocycles. The summed E-state index contributed by atoms with van der Waals surface area (Å²) in [6, 6.07) is 13.1. The first-order valence-corrected chi connectivity index (χ1v) is 7.75. The maximum absolute atomic E-state index is 5.87. The molecule has 0 aliphatic carbocycles. The molecule has 1 nitrogen and oxygen atoms in total. The number of anilines is 1. The van der Waals surface area contributed by atoms with Crippen molar-refractivity contribution in [3.63, 3.8) is 0 Å². The van der Waals surface area contributed by atoms with Crippen LogP contribution in [0.15, 0.2) is 36.4 Å². The average Bonchev–Trinajstić information content (AvgIpc) is 2.46. The molecule has 0 radical (unpaired) electrons. The number of rotatable bonds is 6. The second-order valence-corrected chi connectivity index (χ2v) is 5.30. The molecule has 0 heterocycles. The summed E-state index contributed by atoms with van der Waals surface area (Å²) in [4.78, 5) is 2.24. The Bertz CT molecular complexity index is 533. The number of nitrogens with zero attached hydrogens (tertiary/aromatic N) is 1. The molecule has 0 fully saturated rings. The van der Waals surface area contributed by atoms with E-state index in [4.69, 9.17) is 23.2 Å². The molecule has 0 aliphatic rings. The fourth-order valence-electron chi connectivity index (χ4n) is 2.40. The summed E-state index contributed by atoms with van der Waals surface area (Å²) < 4.78 is 0. The Morgan fingerprint density at radius 3 is 2.37 bits per heavy atom. The summed E-state index contributed by atoms with van der Waals surface area (Å²) in [5.74, 6) is 1.23. The molecule has 2 rings (SSSR count). The third kappa shape index (κ3) is 3.34. The van der Waals surface area contributed by atoms with Gasteiger partial charge in [0, 0.05) is 30.5 Å². The number of aryl methyl sites for hydroxylation is 1. The highest BCUT2D eigenvalue weighted by molar-refractivity contribution is 6.18. The van der Waals surface area contributed by atoms with Gasteiger partial charge in [-0.1, -0.05) is 31.2 Å². The van der Waals surface area contributed by atoms with Crippen molar-refractivity contribution in [1.82, 2.24) is 0 Å². The summed E-state index contributed by atoms with van der Waals surface area (Å²) in [5.41, 5.74) is 2.59. The van der Waals surface area contributed by atoms with Crippen LogP contribution in [-0.4, -0.2) is 24.8 Å². The van der Waals surface area contributed by atoms with Crippen molar-refractivity contribution in [2.45, 2.75) is 13.3 Å². The smallest absolute Gasteiger partial charge is 0.0399 e. The first-order chi connectivity index (χ1) is 9.30. The second kappa shape index (κ2) is 7.02. The molecule has 0 N–H and O–H groups in total. The summed E-state index contributed by atoms with van der Waals surface area (Å²) in [6.45, 7) is 3.85. The van der Waals surface area contributed by atoms with E-state index in [0.717, 1.165) is 19.5 Å². The van der Waals surface area contributed by atoms with Crippen LogP contribution >= 0.6 is 23.2 Å². The molecule has 0 unspecified atom stereocenters. The lowest BCUT2D eigenvalue weighted by atomic mass is 10.0. The van der Waals surface area contributed by atoms with Gasteiger partial charge in [0.25, 0.3) is 0 Å². The number of hydrogen-bond acceptors (Lipinski definition) is 1. The fraction of sp³-hybridized carbons (Fsp3) is 0.375. The molecule has 0 spiro atoms. The quantitative estimate of drug-likeness (QED) is 0.699. The van der Waals surface area contributed by atoms with Crippen LogP contribution in [0, 0.1) is 0 Å². The highest BCUT2D eigenvalue weighted by Gasteiger charge is 2.07. The van der Waals surface area contributed by atoms with E-state index in [2.05, 4.69) is 48.2 Å². The van der Waals surface area contributed by atoms with Crippen LogP contribution in [0.2, 0.25) is 0 Å². The second-order valence-electron chi connectivity index (χ2n) is 4.54. The van der Waals surface area contributed by atoms with E-state index in [-0.39, 0.29) is 0 Å². The van der Waals surface area contributed by atoms with Gasteiger partial charge in [0.05, 0.1) is 0 Å². The van der Waals surface area contributed by atoms with Crippen molar-refractivity contribution in [2.75, 3.05) is 29.7 Å². The first-order valence-electron chi connectivity index (χ1n) is 6.68. The van der Waals surface area contributed by atoms with Crippen LogP contribution in [0.5, 0.6) is 0 Å². The van der Waals surface area contributed by atoms with Gasteiger partial charge in [0.1, 0.15) is 0 Å². The normalized spacial score (nSPS) is 10.9. The highest BCUT2D eigenvalue weighted by atomic mass is 35.5. The molecule has 2 aromatic rings. The van der Waals surface area contributed by atoms with Crippen LogP contribution in [-0.2, 0) is 6.42 Å². The van der Waals surface area contributed by atoms with Crippen molar-refractivity contribution in [3.05, 3.63) is 42.0 Å². The molecule has 0 saturated heterocycles. The zero-order chi connectivity index (χ0) is 13.7. The van der Waals surface area contributed by atoms with E-state index in [0.29, 0.717) is 11.8 Å². The van der Waals surface area contributed by atoms with Crippen LogP contribution in [0.1, 0.15) is 12.5 Å². The molecule has 19 heavy (non-hydrogen) atoms. The Morgan fingerprint density at radius 1 is 1.00 bits per heavy atom. The van der Waals surface area contributed by atoms with Crippen LogP contribution in [0.25, 0.3) is 10.8 Å². The molecular formula is C16H19Cl2N. The molecule has 0 atom stereocenters. The number of fused-ring (bicyclic) bond motifs is 1. The van der Waals surface area contributed by atoms with Crippen molar-refractivity contribution in [1.29, 1.82) is 0 Å². The van der Waals surface area contributed by atoms with Gasteiger partial charge in [-0.25, -0.2) is 0 Å². The van der Waals surface area contributed by atoms with Crippen molar-refractivity contribution in [2.24, 2.45) is 0 Å². The lowest BCUT2D eigenvalue weighted by Gasteiger charge is -2.23. The zero-order valence-corrected chi connectivity index (χ0v) is 12.7. The van der Waals surface area contributed by atoms with Crippen LogP contribution in [0.4, 0.5) is 5.69 Å². The molecule has 0 aromatic heterocycles. The largest absolute Gasteiger partial charge is 0.369 e. The Labute approximate surface area is 125 Å². The van der Waals surface area contributed by atoms with Crippen molar-refractivity contribution < 1.29 is 0 Å². The molecule has 3 heteroatoms. The molecule has 102 valence electrons. The lowest BCUT2D eigenvalue weighted by Crippen LogP contribution is -2.27. The lowest BCUT2D eigenvalue weighted by molar-refractivity contribution is 0.875. The zero-order valence-electron chi connectivity index (χ0n) is 11.2. The van der Waals surface area contributed by atoms with E-state index in [1.807, 2.05) is 0 Å². The van der Waals surface area contributed by atoms with Gasteiger partial charge in [-0.15, -0.1) is 23.2 Å². The van der Waals surface area contributed by atoms with Gasteiger partial charge in [-0.3, -0.25) is 0 Å². The van der Waals surface area contributed by atoms with E-state index >= 15 is 0 Å². The fourth-order valence-corrected chi connectivity index (χ4v) is 2.81. The molecular weight excluding hydrogens is 277 g/mol. The third-order valence-corrected chi connectivity index (χ3v) is 3.75. The van der Waals surface area contributed by atoms with Crippen LogP contribution in [0.3, 0.4) is 0 Å².